The molecule has 5 heteroatoms. The second-order valence-corrected chi connectivity index (χ2v) is 5.50. The Bertz CT molecular complexity index is 648. The van der Waals surface area contributed by atoms with Gasteiger partial charge in [0.1, 0.15) is 5.75 Å². The van der Waals surface area contributed by atoms with Gasteiger partial charge in [0.2, 0.25) is 0 Å². The highest BCUT2D eigenvalue weighted by atomic mass is 79.9. The Morgan fingerprint density at radius 3 is 2.90 bits per heavy atom. The van der Waals surface area contributed by atoms with Gasteiger partial charge in [0.05, 0.1) is 5.69 Å². The van der Waals surface area contributed by atoms with Crippen molar-refractivity contribution < 1.29 is 9.53 Å². The Morgan fingerprint density at radius 2 is 2.10 bits per heavy atom. The average Bonchev–Trinajstić information content (AvgIpc) is 2.87. The largest absolute Gasteiger partial charge is 0.480 e. The molecule has 0 saturated heterocycles. The summed E-state index contributed by atoms with van der Waals surface area (Å²) < 4.78 is 6.44. The molecule has 3 rings (SSSR count). The van der Waals surface area contributed by atoms with Crippen molar-refractivity contribution in [2.45, 2.75) is 12.5 Å². The lowest BCUT2D eigenvalue weighted by atomic mass is 10.1. The molecule has 1 amide bonds. The van der Waals surface area contributed by atoms with E-state index in [0.29, 0.717) is 17.8 Å². The number of amides is 1. The highest BCUT2D eigenvalue weighted by molar-refractivity contribution is 9.10. The molecule has 1 aliphatic heterocycles. The van der Waals surface area contributed by atoms with E-state index in [4.69, 9.17) is 10.5 Å². The van der Waals surface area contributed by atoms with Gasteiger partial charge in [-0.25, -0.2) is 0 Å². The Balaban J connectivity index is 1.74. The number of benzene rings is 2. The number of rotatable bonds is 2. The van der Waals surface area contributed by atoms with Crippen LogP contribution in [0.25, 0.3) is 0 Å². The van der Waals surface area contributed by atoms with Crippen molar-refractivity contribution in [2.24, 2.45) is 0 Å². The molecule has 2 aromatic rings. The number of fused-ring (bicyclic) bond motifs is 1. The maximum atomic E-state index is 12.2. The highest BCUT2D eigenvalue weighted by Crippen LogP contribution is 2.30. The molecule has 1 heterocycles. The molecule has 0 aliphatic carbocycles. The zero-order chi connectivity index (χ0) is 14.1. The van der Waals surface area contributed by atoms with E-state index >= 15 is 0 Å². The number of nitrogens with one attached hydrogen (secondary N) is 1. The average molecular weight is 333 g/mol. The molecule has 0 spiro atoms. The zero-order valence-corrected chi connectivity index (χ0v) is 12.2. The quantitative estimate of drug-likeness (QED) is 0.831. The second-order valence-electron chi connectivity index (χ2n) is 4.65. The number of nitrogens with two attached hydrogens (primary N) is 1. The van der Waals surface area contributed by atoms with E-state index in [2.05, 4.69) is 21.2 Å². The van der Waals surface area contributed by atoms with Crippen LogP contribution in [0.4, 0.5) is 11.4 Å². The molecule has 0 saturated carbocycles. The molecule has 4 nitrogen and oxygen atoms in total. The van der Waals surface area contributed by atoms with E-state index in [1.165, 1.54) is 0 Å². The van der Waals surface area contributed by atoms with Crippen LogP contribution in [-0.2, 0) is 11.2 Å². The lowest BCUT2D eigenvalue weighted by Crippen LogP contribution is -2.31. The van der Waals surface area contributed by atoms with Crippen LogP contribution in [0.3, 0.4) is 0 Å². The third kappa shape index (κ3) is 2.49. The Morgan fingerprint density at radius 1 is 1.30 bits per heavy atom. The number of ether oxygens (including phenoxy) is 1. The number of hydrogen-bond donors (Lipinski definition) is 2. The van der Waals surface area contributed by atoms with Crippen LogP contribution in [0.1, 0.15) is 5.56 Å². The maximum absolute atomic E-state index is 12.2. The number of carbonyl (C=O) groups excluding carboxylic acids is 1. The fourth-order valence-corrected chi connectivity index (χ4v) is 2.53. The van der Waals surface area contributed by atoms with Crippen LogP contribution in [0.2, 0.25) is 0 Å². The molecule has 0 bridgehead atoms. The summed E-state index contributed by atoms with van der Waals surface area (Å²) >= 11 is 3.38. The lowest BCUT2D eigenvalue weighted by Gasteiger charge is -2.13. The minimum Gasteiger partial charge on any atom is -0.480 e. The maximum Gasteiger partial charge on any atom is 0.265 e. The van der Waals surface area contributed by atoms with Gasteiger partial charge in [-0.15, -0.1) is 0 Å². The van der Waals surface area contributed by atoms with E-state index < -0.39 is 6.10 Å². The SMILES string of the molecule is Nc1ccc(Br)c(NC(=O)C2Cc3ccccc3O2)c1. The monoisotopic (exact) mass is 332 g/mol. The molecule has 20 heavy (non-hydrogen) atoms. The molecule has 1 atom stereocenters. The molecule has 1 unspecified atom stereocenters. The normalized spacial score (nSPS) is 16.4. The fraction of sp³-hybridized carbons (Fsp3) is 0.133. The first kappa shape index (κ1) is 13.0. The van der Waals surface area contributed by atoms with Gasteiger partial charge in [0, 0.05) is 16.6 Å². The second kappa shape index (κ2) is 5.17. The van der Waals surface area contributed by atoms with E-state index in [1.54, 1.807) is 18.2 Å². The molecule has 102 valence electrons. The van der Waals surface area contributed by atoms with E-state index in [-0.39, 0.29) is 5.91 Å². The van der Waals surface area contributed by atoms with Crippen molar-refractivity contribution in [2.75, 3.05) is 11.1 Å². The van der Waals surface area contributed by atoms with E-state index in [9.17, 15) is 4.79 Å². The van der Waals surface area contributed by atoms with Crippen LogP contribution in [0, 0.1) is 0 Å². The predicted molar refractivity (Wildman–Crippen MR) is 81.7 cm³/mol. The summed E-state index contributed by atoms with van der Waals surface area (Å²) in [6.07, 6.45) is 0.0859. The molecule has 0 aromatic heterocycles. The topological polar surface area (TPSA) is 64.3 Å². The van der Waals surface area contributed by atoms with Crippen molar-refractivity contribution in [1.82, 2.24) is 0 Å². The van der Waals surface area contributed by atoms with Gasteiger partial charge >= 0.3 is 0 Å². The summed E-state index contributed by atoms with van der Waals surface area (Å²) in [5, 5.41) is 2.84. The summed E-state index contributed by atoms with van der Waals surface area (Å²) in [7, 11) is 0. The van der Waals surface area contributed by atoms with Crippen LogP contribution in [0.5, 0.6) is 5.75 Å². The smallest absolute Gasteiger partial charge is 0.265 e. The van der Waals surface area contributed by atoms with Crippen LogP contribution in [-0.4, -0.2) is 12.0 Å². The van der Waals surface area contributed by atoms with Crippen LogP contribution in [0.15, 0.2) is 46.9 Å². The van der Waals surface area contributed by atoms with Crippen LogP contribution >= 0.6 is 15.9 Å². The van der Waals surface area contributed by atoms with Gasteiger partial charge < -0.3 is 15.8 Å². The first-order valence-electron chi connectivity index (χ1n) is 6.24. The first-order valence-corrected chi connectivity index (χ1v) is 7.03. The standard InChI is InChI=1S/C15H13BrN2O2/c16-11-6-5-10(17)8-12(11)18-15(19)14-7-9-3-1-2-4-13(9)20-14/h1-6,8,14H,7,17H2,(H,18,19). The number of anilines is 2. The number of carbonyl (C=O) groups is 1. The van der Waals surface area contributed by atoms with Crippen molar-refractivity contribution >= 4 is 33.2 Å². The highest BCUT2D eigenvalue weighted by Gasteiger charge is 2.29. The predicted octanol–water partition coefficient (Wildman–Crippen LogP) is 2.97. The van der Waals surface area contributed by atoms with Gasteiger partial charge in [-0.05, 0) is 45.8 Å². The molecule has 0 radical (unpaired) electrons. The van der Waals surface area contributed by atoms with Crippen molar-refractivity contribution in [3.63, 3.8) is 0 Å². The van der Waals surface area contributed by atoms with Gasteiger partial charge in [0.15, 0.2) is 6.10 Å². The van der Waals surface area contributed by atoms with E-state index in [1.807, 2.05) is 24.3 Å². The first-order chi connectivity index (χ1) is 9.63. The van der Waals surface area contributed by atoms with Gasteiger partial charge in [-0.3, -0.25) is 4.79 Å². The van der Waals surface area contributed by atoms with Gasteiger partial charge in [-0.1, -0.05) is 18.2 Å². The summed E-state index contributed by atoms with van der Waals surface area (Å²) in [5.74, 6) is 0.604. The fourth-order valence-electron chi connectivity index (χ4n) is 2.18. The van der Waals surface area contributed by atoms with Crippen molar-refractivity contribution in [3.8, 4) is 5.75 Å². The molecule has 3 N–H and O–H groups in total. The Hall–Kier alpha value is -2.01. The molecule has 0 fully saturated rings. The van der Waals surface area contributed by atoms with Gasteiger partial charge in [0.25, 0.3) is 5.91 Å². The lowest BCUT2D eigenvalue weighted by molar-refractivity contribution is -0.122. The van der Waals surface area contributed by atoms with Crippen molar-refractivity contribution in [1.29, 1.82) is 0 Å². The molecular weight excluding hydrogens is 320 g/mol. The molecule has 1 aliphatic rings. The number of hydrogen-bond acceptors (Lipinski definition) is 3. The minimum atomic E-state index is -0.499. The van der Waals surface area contributed by atoms with Crippen LogP contribution < -0.4 is 15.8 Å². The minimum absolute atomic E-state index is 0.174. The summed E-state index contributed by atoms with van der Waals surface area (Å²) in [6, 6.07) is 13.0. The number of para-hydroxylation sites is 1. The Kier molecular flexibility index (Phi) is 3.36. The Labute approximate surface area is 125 Å². The van der Waals surface area contributed by atoms with Crippen molar-refractivity contribution in [3.05, 3.63) is 52.5 Å². The third-order valence-corrected chi connectivity index (χ3v) is 3.88. The summed E-state index contributed by atoms with van der Waals surface area (Å²) in [5.41, 5.74) is 8.02. The molecule has 2 aromatic carbocycles. The zero-order valence-electron chi connectivity index (χ0n) is 10.6. The summed E-state index contributed by atoms with van der Waals surface area (Å²) in [6.45, 7) is 0. The number of halogens is 1. The molecular formula is C15H13BrN2O2. The summed E-state index contributed by atoms with van der Waals surface area (Å²) in [4.78, 5) is 12.2. The third-order valence-electron chi connectivity index (χ3n) is 3.19. The van der Waals surface area contributed by atoms with Gasteiger partial charge in [-0.2, -0.15) is 0 Å². The number of nitrogen functional groups attached to an aromatic ring is 1. The van der Waals surface area contributed by atoms with E-state index in [0.717, 1.165) is 15.8 Å².